The van der Waals surface area contributed by atoms with Crippen LogP contribution in [0.4, 0.5) is 0 Å². The van der Waals surface area contributed by atoms with Crippen molar-refractivity contribution < 1.29 is 5.11 Å². The molecule has 11 heavy (non-hydrogen) atoms. The van der Waals surface area contributed by atoms with Crippen molar-refractivity contribution in [2.24, 2.45) is 5.92 Å². The Morgan fingerprint density at radius 3 is 2.27 bits per heavy atom. The molecule has 0 aromatic heterocycles. The number of rotatable bonds is 6. The van der Waals surface area contributed by atoms with Gasteiger partial charge in [0.1, 0.15) is 0 Å². The van der Waals surface area contributed by atoms with Gasteiger partial charge in [-0.05, 0) is 25.4 Å². The quantitative estimate of drug-likeness (QED) is 0.632. The molecule has 0 bridgehead atoms. The molecule has 0 saturated heterocycles. The van der Waals surface area contributed by atoms with Gasteiger partial charge in [0, 0.05) is 6.54 Å². The van der Waals surface area contributed by atoms with Crippen molar-refractivity contribution in [1.29, 1.82) is 0 Å². The molecular weight excluding hydrogens is 138 g/mol. The highest BCUT2D eigenvalue weighted by Gasteiger charge is 2.01. The molecular formula is C9H21NO. The van der Waals surface area contributed by atoms with Crippen molar-refractivity contribution in [3.05, 3.63) is 0 Å². The van der Waals surface area contributed by atoms with Gasteiger partial charge >= 0.3 is 0 Å². The summed E-state index contributed by atoms with van der Waals surface area (Å²) in [5.41, 5.74) is 0. The number of aliphatic hydroxyl groups excluding tert-OH is 1. The molecule has 0 heterocycles. The van der Waals surface area contributed by atoms with Crippen molar-refractivity contribution in [3.8, 4) is 0 Å². The van der Waals surface area contributed by atoms with Crippen LogP contribution in [0.25, 0.3) is 0 Å². The van der Waals surface area contributed by atoms with Crippen LogP contribution >= 0.6 is 0 Å². The van der Waals surface area contributed by atoms with Crippen molar-refractivity contribution in [2.75, 3.05) is 26.2 Å². The molecule has 0 aliphatic heterocycles. The Hall–Kier alpha value is -0.0800. The minimum atomic E-state index is 0.284. The average molecular weight is 159 g/mol. The van der Waals surface area contributed by atoms with E-state index in [9.17, 15) is 0 Å². The molecule has 0 radical (unpaired) electrons. The van der Waals surface area contributed by atoms with E-state index < -0.39 is 0 Å². The highest BCUT2D eigenvalue weighted by Crippen LogP contribution is 2.00. The molecule has 0 aliphatic rings. The van der Waals surface area contributed by atoms with Crippen LogP contribution in [0.2, 0.25) is 0 Å². The highest BCUT2D eigenvalue weighted by atomic mass is 16.3. The maximum absolute atomic E-state index is 8.69. The Morgan fingerprint density at radius 2 is 1.91 bits per heavy atom. The van der Waals surface area contributed by atoms with Crippen molar-refractivity contribution >= 4 is 0 Å². The standard InChI is InChI=1S/C9H21NO/c1-4-10(7-8-11)6-5-9(2)3/h9,11H,4-8H2,1-3H3. The number of hydrogen-bond donors (Lipinski definition) is 1. The van der Waals surface area contributed by atoms with Crippen LogP contribution in [-0.4, -0.2) is 36.2 Å². The normalized spacial score (nSPS) is 11.5. The molecule has 0 aromatic rings. The lowest BCUT2D eigenvalue weighted by Gasteiger charge is -2.19. The van der Waals surface area contributed by atoms with Gasteiger partial charge < -0.3 is 10.0 Å². The zero-order valence-corrected chi connectivity index (χ0v) is 8.01. The van der Waals surface area contributed by atoms with Gasteiger partial charge in [-0.3, -0.25) is 0 Å². The molecule has 2 nitrogen and oxygen atoms in total. The van der Waals surface area contributed by atoms with Gasteiger partial charge in [0.2, 0.25) is 0 Å². The SMILES string of the molecule is CCN(CCO)CCC(C)C. The zero-order valence-electron chi connectivity index (χ0n) is 8.01. The van der Waals surface area contributed by atoms with Crippen molar-refractivity contribution in [2.45, 2.75) is 27.2 Å². The Morgan fingerprint density at radius 1 is 1.27 bits per heavy atom. The molecule has 2 heteroatoms. The summed E-state index contributed by atoms with van der Waals surface area (Å²) < 4.78 is 0. The number of likely N-dealkylation sites (N-methyl/N-ethyl adjacent to an activating group) is 1. The van der Waals surface area contributed by atoms with E-state index in [1.807, 2.05) is 0 Å². The Balaban J connectivity index is 3.35. The molecule has 0 unspecified atom stereocenters. The van der Waals surface area contributed by atoms with Crippen LogP contribution in [0.5, 0.6) is 0 Å². The molecule has 0 saturated carbocycles. The monoisotopic (exact) mass is 159 g/mol. The first-order valence-corrected chi connectivity index (χ1v) is 4.53. The lowest BCUT2D eigenvalue weighted by molar-refractivity contribution is 0.195. The molecule has 0 fully saturated rings. The van der Waals surface area contributed by atoms with Crippen LogP contribution in [0.3, 0.4) is 0 Å². The summed E-state index contributed by atoms with van der Waals surface area (Å²) >= 11 is 0. The Kier molecular flexibility index (Phi) is 6.57. The highest BCUT2D eigenvalue weighted by molar-refractivity contribution is 4.55. The molecule has 0 amide bonds. The van der Waals surface area contributed by atoms with Gasteiger partial charge in [-0.2, -0.15) is 0 Å². The van der Waals surface area contributed by atoms with E-state index in [0.29, 0.717) is 0 Å². The fraction of sp³-hybridized carbons (Fsp3) is 1.00. The van der Waals surface area contributed by atoms with E-state index in [2.05, 4.69) is 25.7 Å². The van der Waals surface area contributed by atoms with Crippen LogP contribution in [-0.2, 0) is 0 Å². The maximum atomic E-state index is 8.69. The second-order valence-corrected chi connectivity index (χ2v) is 3.34. The third-order valence-electron chi connectivity index (χ3n) is 1.89. The lowest BCUT2D eigenvalue weighted by Crippen LogP contribution is -2.28. The fourth-order valence-electron chi connectivity index (χ4n) is 1.01. The largest absolute Gasteiger partial charge is 0.395 e. The Labute approximate surface area is 70.2 Å². The lowest BCUT2D eigenvalue weighted by atomic mass is 10.1. The fourth-order valence-corrected chi connectivity index (χ4v) is 1.01. The van der Waals surface area contributed by atoms with E-state index in [4.69, 9.17) is 5.11 Å². The molecule has 68 valence electrons. The predicted molar refractivity (Wildman–Crippen MR) is 48.7 cm³/mol. The van der Waals surface area contributed by atoms with Crippen LogP contribution < -0.4 is 0 Å². The van der Waals surface area contributed by atoms with Gasteiger partial charge in [-0.15, -0.1) is 0 Å². The smallest absolute Gasteiger partial charge is 0.0558 e. The van der Waals surface area contributed by atoms with Gasteiger partial charge in [0.05, 0.1) is 6.61 Å². The Bertz CT molecular complexity index is 83.6. The van der Waals surface area contributed by atoms with E-state index in [-0.39, 0.29) is 6.61 Å². The summed E-state index contributed by atoms with van der Waals surface area (Å²) in [7, 11) is 0. The second-order valence-electron chi connectivity index (χ2n) is 3.34. The first kappa shape index (κ1) is 10.9. The first-order chi connectivity index (χ1) is 5.20. The summed E-state index contributed by atoms with van der Waals surface area (Å²) in [4.78, 5) is 2.28. The van der Waals surface area contributed by atoms with E-state index in [1.54, 1.807) is 0 Å². The number of aliphatic hydroxyl groups is 1. The van der Waals surface area contributed by atoms with Crippen molar-refractivity contribution in [3.63, 3.8) is 0 Å². The summed E-state index contributed by atoms with van der Waals surface area (Å²) in [6.45, 7) is 9.87. The van der Waals surface area contributed by atoms with E-state index in [0.717, 1.165) is 25.6 Å². The predicted octanol–water partition coefficient (Wildman–Crippen LogP) is 1.35. The third-order valence-corrected chi connectivity index (χ3v) is 1.89. The molecule has 0 aromatic carbocycles. The van der Waals surface area contributed by atoms with Crippen LogP contribution in [0, 0.1) is 5.92 Å². The second kappa shape index (κ2) is 6.62. The van der Waals surface area contributed by atoms with Gasteiger partial charge in [-0.1, -0.05) is 20.8 Å². The minimum absolute atomic E-state index is 0.284. The average Bonchev–Trinajstić information content (AvgIpc) is 1.97. The molecule has 0 spiro atoms. The van der Waals surface area contributed by atoms with E-state index >= 15 is 0 Å². The minimum Gasteiger partial charge on any atom is -0.395 e. The summed E-state index contributed by atoms with van der Waals surface area (Å²) in [5.74, 6) is 0.766. The maximum Gasteiger partial charge on any atom is 0.0558 e. The summed E-state index contributed by atoms with van der Waals surface area (Å²) in [6.07, 6.45) is 1.23. The van der Waals surface area contributed by atoms with Crippen LogP contribution in [0.1, 0.15) is 27.2 Å². The molecule has 0 atom stereocenters. The topological polar surface area (TPSA) is 23.5 Å². The number of nitrogens with zero attached hydrogens (tertiary/aromatic N) is 1. The van der Waals surface area contributed by atoms with E-state index in [1.165, 1.54) is 6.42 Å². The van der Waals surface area contributed by atoms with Crippen molar-refractivity contribution in [1.82, 2.24) is 4.90 Å². The first-order valence-electron chi connectivity index (χ1n) is 4.53. The summed E-state index contributed by atoms with van der Waals surface area (Å²) in [5, 5.41) is 8.69. The van der Waals surface area contributed by atoms with Gasteiger partial charge in [-0.25, -0.2) is 0 Å². The number of hydrogen-bond acceptors (Lipinski definition) is 2. The van der Waals surface area contributed by atoms with Gasteiger partial charge in [0.25, 0.3) is 0 Å². The molecule has 0 aliphatic carbocycles. The molecule has 0 rings (SSSR count). The van der Waals surface area contributed by atoms with Crippen LogP contribution in [0.15, 0.2) is 0 Å². The zero-order chi connectivity index (χ0) is 8.69. The third kappa shape index (κ3) is 6.32. The molecule has 1 N–H and O–H groups in total. The van der Waals surface area contributed by atoms with Gasteiger partial charge in [0.15, 0.2) is 0 Å². The summed E-state index contributed by atoms with van der Waals surface area (Å²) in [6, 6.07) is 0.